The largest absolute Gasteiger partial charge is 0.449 e. The minimum absolute atomic E-state index is 0.351. The first kappa shape index (κ1) is 12.6. The van der Waals surface area contributed by atoms with Gasteiger partial charge in [-0.2, -0.15) is 0 Å². The summed E-state index contributed by atoms with van der Waals surface area (Å²) in [5.41, 5.74) is 2.93. The Morgan fingerprint density at radius 1 is 1.31 bits per heavy atom. The Labute approximate surface area is 96.8 Å². The SMILES string of the molecule is Cc1cccc(C)c1NC(=O)OCC(C)C. The van der Waals surface area contributed by atoms with Gasteiger partial charge in [0.1, 0.15) is 0 Å². The Bertz CT molecular complexity index is 352. The van der Waals surface area contributed by atoms with Gasteiger partial charge in [0.25, 0.3) is 0 Å². The molecule has 0 radical (unpaired) electrons. The molecular formula is C13H19NO2. The number of para-hydroxylation sites is 1. The van der Waals surface area contributed by atoms with Crippen molar-refractivity contribution in [3.8, 4) is 0 Å². The van der Waals surface area contributed by atoms with Crippen LogP contribution in [0.25, 0.3) is 0 Å². The van der Waals surface area contributed by atoms with Crippen molar-refractivity contribution in [3.05, 3.63) is 29.3 Å². The van der Waals surface area contributed by atoms with Crippen LogP contribution in [0.5, 0.6) is 0 Å². The number of aryl methyl sites for hydroxylation is 2. The minimum Gasteiger partial charge on any atom is -0.449 e. The van der Waals surface area contributed by atoms with E-state index in [2.05, 4.69) is 5.32 Å². The first-order chi connectivity index (χ1) is 7.50. The smallest absolute Gasteiger partial charge is 0.411 e. The number of benzene rings is 1. The third-order valence-corrected chi connectivity index (χ3v) is 2.26. The fourth-order valence-electron chi connectivity index (χ4n) is 1.39. The van der Waals surface area contributed by atoms with Gasteiger partial charge in [0, 0.05) is 5.69 Å². The van der Waals surface area contributed by atoms with Crippen molar-refractivity contribution < 1.29 is 9.53 Å². The predicted molar refractivity (Wildman–Crippen MR) is 65.7 cm³/mol. The highest BCUT2D eigenvalue weighted by Gasteiger charge is 2.08. The lowest BCUT2D eigenvalue weighted by atomic mass is 10.1. The topological polar surface area (TPSA) is 38.3 Å². The van der Waals surface area contributed by atoms with Gasteiger partial charge >= 0.3 is 6.09 Å². The van der Waals surface area contributed by atoms with Crippen molar-refractivity contribution in [2.75, 3.05) is 11.9 Å². The van der Waals surface area contributed by atoms with Crippen LogP contribution >= 0.6 is 0 Å². The number of hydrogen-bond acceptors (Lipinski definition) is 2. The minimum atomic E-state index is -0.383. The molecule has 0 atom stereocenters. The number of rotatable bonds is 3. The Morgan fingerprint density at radius 3 is 2.38 bits per heavy atom. The van der Waals surface area contributed by atoms with E-state index >= 15 is 0 Å². The fourth-order valence-corrected chi connectivity index (χ4v) is 1.39. The third kappa shape index (κ3) is 3.57. The highest BCUT2D eigenvalue weighted by Crippen LogP contribution is 2.19. The van der Waals surface area contributed by atoms with Gasteiger partial charge in [-0.05, 0) is 30.9 Å². The molecule has 0 unspecified atom stereocenters. The quantitative estimate of drug-likeness (QED) is 0.848. The number of anilines is 1. The molecule has 1 N–H and O–H groups in total. The number of carbonyl (C=O) groups excluding carboxylic acids is 1. The van der Waals surface area contributed by atoms with Gasteiger partial charge in [0.15, 0.2) is 0 Å². The summed E-state index contributed by atoms with van der Waals surface area (Å²) in [5.74, 6) is 0.351. The van der Waals surface area contributed by atoms with Gasteiger partial charge in [0.2, 0.25) is 0 Å². The van der Waals surface area contributed by atoms with E-state index in [9.17, 15) is 4.79 Å². The van der Waals surface area contributed by atoms with Crippen molar-refractivity contribution in [3.63, 3.8) is 0 Å². The zero-order valence-electron chi connectivity index (χ0n) is 10.3. The van der Waals surface area contributed by atoms with E-state index < -0.39 is 0 Å². The van der Waals surface area contributed by atoms with Crippen LogP contribution < -0.4 is 5.32 Å². The van der Waals surface area contributed by atoms with E-state index in [1.54, 1.807) is 0 Å². The summed E-state index contributed by atoms with van der Waals surface area (Å²) >= 11 is 0. The second-order valence-corrected chi connectivity index (χ2v) is 4.38. The maximum atomic E-state index is 11.5. The molecule has 0 heterocycles. The molecule has 1 aromatic carbocycles. The van der Waals surface area contributed by atoms with E-state index in [4.69, 9.17) is 4.74 Å². The lowest BCUT2D eigenvalue weighted by Gasteiger charge is -2.12. The number of ether oxygens (including phenoxy) is 1. The lowest BCUT2D eigenvalue weighted by Crippen LogP contribution is -2.17. The maximum Gasteiger partial charge on any atom is 0.411 e. The van der Waals surface area contributed by atoms with Gasteiger partial charge < -0.3 is 4.74 Å². The van der Waals surface area contributed by atoms with Gasteiger partial charge in [-0.3, -0.25) is 5.32 Å². The van der Waals surface area contributed by atoms with E-state index in [1.165, 1.54) is 0 Å². The van der Waals surface area contributed by atoms with Crippen LogP contribution in [0.2, 0.25) is 0 Å². The Balaban J connectivity index is 2.63. The normalized spacial score (nSPS) is 10.3. The molecule has 0 bridgehead atoms. The maximum absolute atomic E-state index is 11.5. The molecule has 1 aromatic rings. The molecule has 1 amide bonds. The molecule has 3 heteroatoms. The Hall–Kier alpha value is -1.51. The molecule has 0 saturated carbocycles. The highest BCUT2D eigenvalue weighted by molar-refractivity contribution is 5.86. The summed E-state index contributed by atoms with van der Waals surface area (Å²) in [4.78, 5) is 11.5. The standard InChI is InChI=1S/C13H19NO2/c1-9(2)8-16-13(15)14-12-10(3)6-5-7-11(12)4/h5-7,9H,8H2,1-4H3,(H,14,15). The average Bonchev–Trinajstić information content (AvgIpc) is 2.21. The molecule has 3 nitrogen and oxygen atoms in total. The van der Waals surface area contributed by atoms with Crippen LogP contribution in [0, 0.1) is 19.8 Å². The predicted octanol–water partition coefficient (Wildman–Crippen LogP) is 3.51. The summed E-state index contributed by atoms with van der Waals surface area (Å²) in [6, 6.07) is 5.89. The van der Waals surface area contributed by atoms with Crippen molar-refractivity contribution in [1.82, 2.24) is 0 Å². The van der Waals surface area contributed by atoms with Crippen LogP contribution in [0.3, 0.4) is 0 Å². The monoisotopic (exact) mass is 221 g/mol. The molecule has 88 valence electrons. The van der Waals surface area contributed by atoms with Crippen molar-refractivity contribution in [2.24, 2.45) is 5.92 Å². The molecular weight excluding hydrogens is 202 g/mol. The Morgan fingerprint density at radius 2 is 1.88 bits per heavy atom. The molecule has 0 spiro atoms. The number of hydrogen-bond donors (Lipinski definition) is 1. The van der Waals surface area contributed by atoms with E-state index in [0.29, 0.717) is 12.5 Å². The molecule has 0 saturated heterocycles. The van der Waals surface area contributed by atoms with E-state index in [-0.39, 0.29) is 6.09 Å². The molecule has 0 aliphatic carbocycles. The number of carbonyl (C=O) groups is 1. The highest BCUT2D eigenvalue weighted by atomic mass is 16.5. The molecule has 0 fully saturated rings. The summed E-state index contributed by atoms with van der Waals surface area (Å²) in [5, 5.41) is 2.77. The van der Waals surface area contributed by atoms with Gasteiger partial charge in [-0.25, -0.2) is 4.79 Å². The molecule has 0 aliphatic rings. The first-order valence-corrected chi connectivity index (χ1v) is 5.50. The zero-order valence-corrected chi connectivity index (χ0v) is 10.3. The van der Waals surface area contributed by atoms with Crippen molar-refractivity contribution in [2.45, 2.75) is 27.7 Å². The summed E-state index contributed by atoms with van der Waals surface area (Å²) < 4.78 is 5.07. The average molecular weight is 221 g/mol. The van der Waals surface area contributed by atoms with Gasteiger partial charge in [-0.1, -0.05) is 32.0 Å². The molecule has 16 heavy (non-hydrogen) atoms. The summed E-state index contributed by atoms with van der Waals surface area (Å²) in [7, 11) is 0. The Kier molecular flexibility index (Phi) is 4.35. The first-order valence-electron chi connectivity index (χ1n) is 5.50. The van der Waals surface area contributed by atoms with Crippen LogP contribution in [-0.4, -0.2) is 12.7 Å². The van der Waals surface area contributed by atoms with Crippen molar-refractivity contribution in [1.29, 1.82) is 0 Å². The number of amides is 1. The number of nitrogens with one attached hydrogen (secondary N) is 1. The second-order valence-electron chi connectivity index (χ2n) is 4.38. The molecule has 0 aliphatic heterocycles. The zero-order chi connectivity index (χ0) is 12.1. The molecule has 1 rings (SSSR count). The van der Waals surface area contributed by atoms with Gasteiger partial charge in [0.05, 0.1) is 6.61 Å². The third-order valence-electron chi connectivity index (χ3n) is 2.26. The van der Waals surface area contributed by atoms with Gasteiger partial charge in [-0.15, -0.1) is 0 Å². The molecule has 0 aromatic heterocycles. The lowest BCUT2D eigenvalue weighted by molar-refractivity contribution is 0.147. The fraction of sp³-hybridized carbons (Fsp3) is 0.462. The second kappa shape index (κ2) is 5.54. The van der Waals surface area contributed by atoms with Crippen molar-refractivity contribution >= 4 is 11.8 Å². The van der Waals surface area contributed by atoms with Crippen LogP contribution in [0.1, 0.15) is 25.0 Å². The van der Waals surface area contributed by atoms with Crippen LogP contribution in [0.15, 0.2) is 18.2 Å². The summed E-state index contributed by atoms with van der Waals surface area (Å²) in [6.07, 6.45) is -0.383. The summed E-state index contributed by atoms with van der Waals surface area (Å²) in [6.45, 7) is 8.38. The van der Waals surface area contributed by atoms with Crippen LogP contribution in [0.4, 0.5) is 10.5 Å². The van der Waals surface area contributed by atoms with E-state index in [1.807, 2.05) is 45.9 Å². The van der Waals surface area contributed by atoms with E-state index in [0.717, 1.165) is 16.8 Å². The van der Waals surface area contributed by atoms with Crippen LogP contribution in [-0.2, 0) is 4.74 Å².